The average Bonchev–Trinajstić information content (AvgIpc) is 3.29. The number of hydrogen-bond donors (Lipinski definition) is 1. The van der Waals surface area contributed by atoms with E-state index in [0.717, 1.165) is 24.2 Å². The van der Waals surface area contributed by atoms with E-state index in [4.69, 9.17) is 11.6 Å². The average molecular weight is 333 g/mol. The van der Waals surface area contributed by atoms with Crippen LogP contribution in [-0.4, -0.2) is 16.6 Å². The van der Waals surface area contributed by atoms with E-state index in [2.05, 4.69) is 10.3 Å². The molecule has 1 N–H and O–H groups in total. The lowest BCUT2D eigenvalue weighted by atomic mass is 10.1. The van der Waals surface area contributed by atoms with Crippen LogP contribution in [0.25, 0.3) is 0 Å². The fraction of sp³-hybridized carbons (Fsp3) is 0.294. The van der Waals surface area contributed by atoms with Crippen molar-refractivity contribution in [1.82, 2.24) is 10.3 Å². The Hall–Kier alpha value is -1.52. The number of rotatable bonds is 6. The van der Waals surface area contributed by atoms with Gasteiger partial charge in [0.1, 0.15) is 0 Å². The molecule has 2 aromatic rings. The molecule has 1 aromatic heterocycles. The molecule has 0 saturated heterocycles. The normalized spacial score (nSPS) is 15.3. The number of pyridine rings is 1. The lowest BCUT2D eigenvalue weighted by molar-refractivity contribution is -0.119. The predicted molar refractivity (Wildman–Crippen MR) is 90.9 cm³/mol. The van der Waals surface area contributed by atoms with Crippen LogP contribution in [-0.2, 0) is 16.1 Å². The minimum absolute atomic E-state index is 0.0801. The Morgan fingerprint density at radius 3 is 2.73 bits per heavy atom. The van der Waals surface area contributed by atoms with Crippen LogP contribution in [0.15, 0.2) is 48.8 Å². The first-order valence-electron chi connectivity index (χ1n) is 7.22. The summed E-state index contributed by atoms with van der Waals surface area (Å²) in [5.74, 6) is 1.36. The Morgan fingerprint density at radius 2 is 2.05 bits per heavy atom. The van der Waals surface area contributed by atoms with Gasteiger partial charge in [0.25, 0.3) is 0 Å². The van der Waals surface area contributed by atoms with E-state index in [9.17, 15) is 4.79 Å². The fourth-order valence-corrected chi connectivity index (χ4v) is 3.42. The van der Waals surface area contributed by atoms with Gasteiger partial charge in [-0.3, -0.25) is 9.78 Å². The summed E-state index contributed by atoms with van der Waals surface area (Å²) >= 11 is 7.66. The zero-order valence-electron chi connectivity index (χ0n) is 12.1. The summed E-state index contributed by atoms with van der Waals surface area (Å²) in [5, 5.41) is 3.88. The second-order valence-corrected chi connectivity index (χ2v) is 6.91. The van der Waals surface area contributed by atoms with E-state index in [1.54, 1.807) is 24.2 Å². The molecule has 1 saturated carbocycles. The Kier molecular flexibility index (Phi) is 4.69. The van der Waals surface area contributed by atoms with E-state index in [-0.39, 0.29) is 11.4 Å². The zero-order valence-corrected chi connectivity index (χ0v) is 13.7. The molecule has 0 atom stereocenters. The van der Waals surface area contributed by atoms with E-state index < -0.39 is 0 Å². The summed E-state index contributed by atoms with van der Waals surface area (Å²) in [4.78, 5) is 16.2. The maximum Gasteiger partial charge on any atom is 0.230 e. The molecule has 3 nitrogen and oxygen atoms in total. The van der Waals surface area contributed by atoms with Crippen LogP contribution in [0.1, 0.15) is 24.0 Å². The zero-order chi connectivity index (χ0) is 15.4. The molecule has 1 heterocycles. The van der Waals surface area contributed by atoms with Crippen molar-refractivity contribution >= 4 is 29.3 Å². The molecule has 0 aliphatic heterocycles. The number of aromatic nitrogens is 1. The van der Waals surface area contributed by atoms with Gasteiger partial charge in [0.05, 0.1) is 11.3 Å². The maximum atomic E-state index is 12.2. The van der Waals surface area contributed by atoms with Crippen LogP contribution in [0, 0.1) is 0 Å². The largest absolute Gasteiger partial charge is 0.346 e. The van der Waals surface area contributed by atoms with Crippen LogP contribution < -0.4 is 5.32 Å². The monoisotopic (exact) mass is 332 g/mol. The highest BCUT2D eigenvalue weighted by molar-refractivity contribution is 7.99. The molecule has 1 aliphatic rings. The second-order valence-electron chi connectivity index (χ2n) is 5.49. The van der Waals surface area contributed by atoms with Crippen molar-refractivity contribution in [3.8, 4) is 0 Å². The lowest BCUT2D eigenvalue weighted by Crippen LogP contribution is -2.36. The Bertz CT molecular complexity index is 659. The summed E-state index contributed by atoms with van der Waals surface area (Å²) < 4.78 is 0. The third kappa shape index (κ3) is 3.81. The molecule has 1 aromatic carbocycles. The van der Waals surface area contributed by atoms with Crippen molar-refractivity contribution in [2.24, 2.45) is 0 Å². The highest BCUT2D eigenvalue weighted by Gasteiger charge is 2.45. The summed E-state index contributed by atoms with van der Waals surface area (Å²) in [6, 6.07) is 11.7. The van der Waals surface area contributed by atoms with Gasteiger partial charge in [-0.1, -0.05) is 23.7 Å². The van der Waals surface area contributed by atoms with Gasteiger partial charge in [0.2, 0.25) is 5.91 Å². The van der Waals surface area contributed by atoms with Gasteiger partial charge in [0.15, 0.2) is 0 Å². The quantitative estimate of drug-likeness (QED) is 0.875. The third-order valence-electron chi connectivity index (χ3n) is 3.76. The Morgan fingerprint density at radius 1 is 1.27 bits per heavy atom. The highest BCUT2D eigenvalue weighted by Crippen LogP contribution is 2.46. The van der Waals surface area contributed by atoms with Crippen molar-refractivity contribution in [3.63, 3.8) is 0 Å². The topological polar surface area (TPSA) is 42.0 Å². The van der Waals surface area contributed by atoms with E-state index in [0.29, 0.717) is 10.8 Å². The molecular formula is C17H17ClN2OS. The van der Waals surface area contributed by atoms with Crippen LogP contribution in [0.2, 0.25) is 5.02 Å². The predicted octanol–water partition coefficient (Wildman–Crippen LogP) is 3.77. The van der Waals surface area contributed by atoms with Gasteiger partial charge in [-0.05, 0) is 48.2 Å². The molecule has 0 radical (unpaired) electrons. The van der Waals surface area contributed by atoms with E-state index >= 15 is 0 Å². The molecule has 22 heavy (non-hydrogen) atoms. The first-order valence-corrected chi connectivity index (χ1v) is 8.75. The molecule has 3 rings (SSSR count). The Balaban J connectivity index is 1.51. The maximum absolute atomic E-state index is 12.2. The summed E-state index contributed by atoms with van der Waals surface area (Å²) in [7, 11) is 0. The first-order chi connectivity index (χ1) is 10.7. The van der Waals surface area contributed by atoms with Gasteiger partial charge >= 0.3 is 0 Å². The van der Waals surface area contributed by atoms with Crippen molar-refractivity contribution < 1.29 is 4.79 Å². The minimum Gasteiger partial charge on any atom is -0.346 e. The summed E-state index contributed by atoms with van der Waals surface area (Å²) in [5.41, 5.74) is 2.09. The molecule has 1 fully saturated rings. The molecule has 5 heteroatoms. The van der Waals surface area contributed by atoms with Gasteiger partial charge in [-0.2, -0.15) is 0 Å². The summed E-state index contributed by atoms with van der Waals surface area (Å²) in [6.07, 6.45) is 5.50. The van der Waals surface area contributed by atoms with E-state index in [1.807, 2.05) is 36.4 Å². The highest BCUT2D eigenvalue weighted by atomic mass is 35.5. The molecular weight excluding hydrogens is 316 g/mol. The number of nitrogens with one attached hydrogen (secondary N) is 1. The lowest BCUT2D eigenvalue weighted by Gasteiger charge is -2.18. The number of benzene rings is 1. The van der Waals surface area contributed by atoms with Crippen molar-refractivity contribution in [1.29, 1.82) is 0 Å². The van der Waals surface area contributed by atoms with Crippen LogP contribution >= 0.6 is 23.4 Å². The second kappa shape index (κ2) is 6.71. The molecule has 0 spiro atoms. The number of hydrogen-bond acceptors (Lipinski definition) is 3. The van der Waals surface area contributed by atoms with Crippen LogP contribution in [0.4, 0.5) is 0 Å². The van der Waals surface area contributed by atoms with Crippen molar-refractivity contribution in [2.75, 3.05) is 5.75 Å². The number of carbonyl (C=O) groups is 1. The van der Waals surface area contributed by atoms with Gasteiger partial charge in [0, 0.05) is 23.2 Å². The number of carbonyl (C=O) groups excluding carboxylic acids is 1. The van der Waals surface area contributed by atoms with Gasteiger partial charge in [-0.25, -0.2) is 0 Å². The molecule has 1 aliphatic carbocycles. The number of nitrogens with zero attached hydrogens (tertiary/aromatic N) is 1. The standard InChI is InChI=1S/C17H17ClN2OS/c18-15-3-1-2-14(10-15)17(6-7-17)20-16(21)12-22-11-13-4-8-19-9-5-13/h1-5,8-10H,6-7,11-12H2,(H,20,21). The summed E-state index contributed by atoms with van der Waals surface area (Å²) in [6.45, 7) is 0. The van der Waals surface area contributed by atoms with Crippen molar-refractivity contribution in [2.45, 2.75) is 24.1 Å². The smallest absolute Gasteiger partial charge is 0.230 e. The minimum atomic E-state index is -0.195. The molecule has 1 amide bonds. The first kappa shape index (κ1) is 15.4. The van der Waals surface area contributed by atoms with Crippen LogP contribution in [0.5, 0.6) is 0 Å². The van der Waals surface area contributed by atoms with E-state index in [1.165, 1.54) is 5.56 Å². The SMILES string of the molecule is O=C(CSCc1ccncc1)NC1(c2cccc(Cl)c2)CC1. The van der Waals surface area contributed by atoms with Gasteiger partial charge < -0.3 is 5.32 Å². The number of thioether (sulfide) groups is 1. The number of halogens is 1. The van der Waals surface area contributed by atoms with Crippen molar-refractivity contribution in [3.05, 3.63) is 64.9 Å². The third-order valence-corrected chi connectivity index (χ3v) is 5.00. The molecule has 114 valence electrons. The Labute approximate surface area is 139 Å². The van der Waals surface area contributed by atoms with Crippen LogP contribution in [0.3, 0.4) is 0 Å². The number of amides is 1. The fourth-order valence-electron chi connectivity index (χ4n) is 2.44. The molecule has 0 bridgehead atoms. The van der Waals surface area contributed by atoms with Gasteiger partial charge in [-0.15, -0.1) is 11.8 Å². The molecule has 0 unspecified atom stereocenters.